The molecule has 8 aromatic carbocycles. The van der Waals surface area contributed by atoms with Gasteiger partial charge in [0, 0.05) is 22.1 Å². The van der Waals surface area contributed by atoms with Gasteiger partial charge in [0.2, 0.25) is 0 Å². The lowest BCUT2D eigenvalue weighted by atomic mass is 9.84. The third-order valence-corrected chi connectivity index (χ3v) is 7.79. The number of furan rings is 1. The molecule has 9 rings (SSSR count). The molecule has 0 saturated carbocycles. The summed E-state index contributed by atoms with van der Waals surface area (Å²) in [7, 11) is 0. The van der Waals surface area contributed by atoms with Crippen molar-refractivity contribution in [1.82, 2.24) is 0 Å². The summed E-state index contributed by atoms with van der Waals surface area (Å²) in [6.45, 7) is 0. The zero-order chi connectivity index (χ0) is 51.2. The van der Waals surface area contributed by atoms with Crippen molar-refractivity contribution in [3.63, 3.8) is 0 Å². The van der Waals surface area contributed by atoms with Gasteiger partial charge < -0.3 is 4.42 Å². The van der Waals surface area contributed by atoms with Crippen LogP contribution in [0.25, 0.3) is 88.3 Å². The standard InChI is InChI=1S/C46H30O/c1-4-16-31(17-5-1)34-28-29-41-42(30-34)47-46(40-27-15-10-22-35(40)32-18-6-2-7-19-32)45(41)44-38-25-13-11-23-36(38)43(33-20-8-3-9-21-33)37-24-12-14-26-39(37)44/h1-30H/i1D,2D,3D,4D,5D,6D,7D,8D,9D,11D,12D,13D,14D,16D,17D,18D,19D,20D,21D,23D,24D,25D,26D. The van der Waals surface area contributed by atoms with Crippen LogP contribution in [0.5, 0.6) is 0 Å². The van der Waals surface area contributed by atoms with Gasteiger partial charge in [-0.25, -0.2) is 0 Å². The normalized spacial score (nSPS) is 18.3. The van der Waals surface area contributed by atoms with E-state index in [0.717, 1.165) is 0 Å². The molecular weight excluding hydrogens is 569 g/mol. The second-order valence-corrected chi connectivity index (χ2v) is 10.3. The van der Waals surface area contributed by atoms with Crippen LogP contribution in [0.1, 0.15) is 31.5 Å². The van der Waals surface area contributed by atoms with Crippen LogP contribution in [0.4, 0.5) is 0 Å². The predicted molar refractivity (Wildman–Crippen MR) is 198 cm³/mol. The van der Waals surface area contributed by atoms with Gasteiger partial charge in [0.1, 0.15) is 11.3 Å². The average Bonchev–Trinajstić information content (AvgIpc) is 3.72. The first-order valence-corrected chi connectivity index (χ1v) is 14.2. The van der Waals surface area contributed by atoms with E-state index in [4.69, 9.17) is 30.5 Å². The number of hydrogen-bond donors (Lipinski definition) is 0. The third kappa shape index (κ3) is 4.56. The second kappa shape index (κ2) is 11.3. The molecule has 1 aromatic heterocycles. The van der Waals surface area contributed by atoms with Gasteiger partial charge in [-0.05, 0) is 67.1 Å². The van der Waals surface area contributed by atoms with Crippen molar-refractivity contribution in [2.75, 3.05) is 0 Å². The van der Waals surface area contributed by atoms with Crippen LogP contribution in [0.15, 0.2) is 186 Å². The summed E-state index contributed by atoms with van der Waals surface area (Å²) in [5, 5.41) is -1.95. The van der Waals surface area contributed by atoms with Gasteiger partial charge in [-0.2, -0.15) is 0 Å². The summed E-state index contributed by atoms with van der Waals surface area (Å²) in [6, 6.07) is -7.36. The van der Waals surface area contributed by atoms with E-state index in [2.05, 4.69) is 0 Å². The third-order valence-electron chi connectivity index (χ3n) is 7.79. The van der Waals surface area contributed by atoms with Crippen LogP contribution in [-0.4, -0.2) is 0 Å². The smallest absolute Gasteiger partial charge is 0.143 e. The molecule has 0 atom stereocenters. The van der Waals surface area contributed by atoms with E-state index in [-0.39, 0.29) is 55.7 Å². The van der Waals surface area contributed by atoms with Crippen molar-refractivity contribution in [2.45, 2.75) is 0 Å². The SMILES string of the molecule is [2H]c1c([2H])c([2H])c(-c2ccc3c(-c4c5c([2H])c([2H])c([2H])c([2H])c5c(-c5c([2H])c([2H])c([2H])c([2H])c5[2H])c5c([2H])c([2H])c([2H])c([2H])c45)c(-c4ccccc4-c4c([2H])c([2H])c([2H])c([2H])c4[2H])oc3c2)c([2H])c1[2H]. The van der Waals surface area contributed by atoms with Crippen LogP contribution >= 0.6 is 0 Å². The number of rotatable bonds is 5. The van der Waals surface area contributed by atoms with Crippen molar-refractivity contribution in [3.05, 3.63) is 181 Å². The molecule has 0 saturated heterocycles. The lowest BCUT2D eigenvalue weighted by Gasteiger charge is -2.18. The Hall–Kier alpha value is -6.18. The Bertz CT molecular complexity index is 3710. The molecule has 1 heteroatoms. The van der Waals surface area contributed by atoms with Crippen LogP contribution in [0.3, 0.4) is 0 Å². The first kappa shape index (κ1) is 12.5. The molecule has 0 spiro atoms. The highest BCUT2D eigenvalue weighted by atomic mass is 16.3. The lowest BCUT2D eigenvalue weighted by molar-refractivity contribution is 0.633. The van der Waals surface area contributed by atoms with Crippen LogP contribution < -0.4 is 0 Å². The van der Waals surface area contributed by atoms with Crippen LogP contribution in [0, 0.1) is 0 Å². The van der Waals surface area contributed by atoms with Gasteiger partial charge in [-0.15, -0.1) is 0 Å². The first-order chi connectivity index (χ1) is 32.9. The molecule has 0 N–H and O–H groups in total. The Labute approximate surface area is 306 Å². The predicted octanol–water partition coefficient (Wildman–Crippen LogP) is 13.1. The summed E-state index contributed by atoms with van der Waals surface area (Å²) in [6.07, 6.45) is 0. The Morgan fingerprint density at radius 3 is 1.45 bits per heavy atom. The fourth-order valence-corrected chi connectivity index (χ4v) is 5.87. The molecule has 0 amide bonds. The Kier molecular flexibility index (Phi) is 3.02. The molecule has 1 nitrogen and oxygen atoms in total. The minimum absolute atomic E-state index is 0.0192. The molecule has 0 fully saturated rings. The van der Waals surface area contributed by atoms with Gasteiger partial charge in [0.05, 0.1) is 31.5 Å². The summed E-state index contributed by atoms with van der Waals surface area (Å²) in [4.78, 5) is 0. The summed E-state index contributed by atoms with van der Waals surface area (Å²) >= 11 is 0. The molecule has 0 unspecified atom stereocenters. The quantitative estimate of drug-likeness (QED) is 0.174. The highest BCUT2D eigenvalue weighted by molar-refractivity contribution is 6.25. The lowest BCUT2D eigenvalue weighted by Crippen LogP contribution is -1.92. The zero-order valence-corrected chi connectivity index (χ0v) is 23.9. The maximum absolute atomic E-state index is 9.57. The molecule has 220 valence electrons. The van der Waals surface area contributed by atoms with E-state index < -0.39 is 172 Å². The van der Waals surface area contributed by atoms with Gasteiger partial charge in [0.15, 0.2) is 0 Å². The fourth-order valence-electron chi connectivity index (χ4n) is 5.87. The molecule has 0 aliphatic heterocycles. The average molecular weight is 622 g/mol. The van der Waals surface area contributed by atoms with E-state index in [1.165, 1.54) is 42.5 Å². The largest absolute Gasteiger partial charge is 0.455 e. The van der Waals surface area contributed by atoms with Crippen LogP contribution in [-0.2, 0) is 0 Å². The Morgan fingerprint density at radius 2 is 0.851 bits per heavy atom. The minimum Gasteiger partial charge on any atom is -0.455 e. The molecule has 1 heterocycles. The maximum Gasteiger partial charge on any atom is 0.143 e. The van der Waals surface area contributed by atoms with Crippen molar-refractivity contribution in [1.29, 1.82) is 0 Å². The number of hydrogen-bond acceptors (Lipinski definition) is 1. The molecule has 47 heavy (non-hydrogen) atoms. The molecule has 0 bridgehead atoms. The molecule has 0 aliphatic carbocycles. The number of fused-ring (bicyclic) bond motifs is 3. The molecule has 0 aliphatic rings. The maximum atomic E-state index is 9.57. The van der Waals surface area contributed by atoms with E-state index in [0.29, 0.717) is 0 Å². The number of benzene rings is 8. The highest BCUT2D eigenvalue weighted by Gasteiger charge is 2.25. The van der Waals surface area contributed by atoms with Crippen molar-refractivity contribution >= 4 is 32.5 Å². The van der Waals surface area contributed by atoms with E-state index in [1.807, 2.05) is 0 Å². The summed E-state index contributed by atoms with van der Waals surface area (Å²) in [5.41, 5.74) is -2.39. The van der Waals surface area contributed by atoms with Gasteiger partial charge in [-0.3, -0.25) is 0 Å². The minimum atomic E-state index is -0.858. The molecule has 0 radical (unpaired) electrons. The van der Waals surface area contributed by atoms with Crippen LogP contribution in [0.2, 0.25) is 0 Å². The summed E-state index contributed by atoms with van der Waals surface area (Å²) in [5.74, 6) is -0.270. The van der Waals surface area contributed by atoms with E-state index in [1.54, 1.807) is 0 Å². The van der Waals surface area contributed by atoms with Crippen molar-refractivity contribution in [2.24, 2.45) is 0 Å². The van der Waals surface area contributed by atoms with E-state index in [9.17, 15) is 5.48 Å². The monoisotopic (exact) mass is 621 g/mol. The first-order valence-electron chi connectivity index (χ1n) is 25.7. The second-order valence-electron chi connectivity index (χ2n) is 10.3. The Balaban J connectivity index is 1.60. The Morgan fingerprint density at radius 1 is 0.362 bits per heavy atom. The summed E-state index contributed by atoms with van der Waals surface area (Å²) < 4.78 is 209. The van der Waals surface area contributed by atoms with Gasteiger partial charge in [0.25, 0.3) is 0 Å². The molecular formula is C46H30O. The highest BCUT2D eigenvalue weighted by Crippen LogP contribution is 2.51. The molecule has 9 aromatic rings. The van der Waals surface area contributed by atoms with Crippen molar-refractivity contribution < 1.29 is 35.9 Å². The van der Waals surface area contributed by atoms with Gasteiger partial charge in [-0.1, -0.05) is 169 Å². The van der Waals surface area contributed by atoms with Gasteiger partial charge >= 0.3 is 0 Å². The topological polar surface area (TPSA) is 13.1 Å². The zero-order valence-electron chi connectivity index (χ0n) is 46.9. The van der Waals surface area contributed by atoms with Crippen molar-refractivity contribution in [3.8, 4) is 55.8 Å². The fraction of sp³-hybridized carbons (Fsp3) is 0. The van der Waals surface area contributed by atoms with E-state index >= 15 is 0 Å².